The zero-order valence-electron chi connectivity index (χ0n) is 18.6. The molecule has 3 fully saturated rings. The standard InChI is InChI=1S/C24H20Cl2N4O4S/c1-2-34-20(31)19-11-35-23(28-19)12-24(15-5-3-14(10-27)4-6-15)21(32)30(22(33)29(24)13-23)18-8-16(25)7-17(26)9-18/h3-9,19,28H,2,11-13H2,1H3/t19-,23+,24-/m0/s1. The van der Waals surface area contributed by atoms with Gasteiger partial charge in [0.1, 0.15) is 6.04 Å². The number of hydrogen-bond donors (Lipinski definition) is 1. The fourth-order valence-electron chi connectivity index (χ4n) is 5.07. The normalized spacial score (nSPS) is 27.4. The molecule has 3 atom stereocenters. The van der Waals surface area contributed by atoms with Gasteiger partial charge in [-0.2, -0.15) is 5.26 Å². The van der Waals surface area contributed by atoms with Gasteiger partial charge in [-0.3, -0.25) is 14.9 Å². The Labute approximate surface area is 216 Å². The first-order chi connectivity index (χ1) is 16.7. The molecule has 1 spiro atoms. The van der Waals surface area contributed by atoms with E-state index >= 15 is 0 Å². The molecule has 1 N–H and O–H groups in total. The number of halogens is 2. The quantitative estimate of drug-likeness (QED) is 0.472. The van der Waals surface area contributed by atoms with Crippen molar-refractivity contribution in [3.63, 3.8) is 0 Å². The van der Waals surface area contributed by atoms with Gasteiger partial charge in [-0.25, -0.2) is 9.69 Å². The van der Waals surface area contributed by atoms with Gasteiger partial charge in [-0.15, -0.1) is 11.8 Å². The summed E-state index contributed by atoms with van der Waals surface area (Å²) in [5.41, 5.74) is -0.0196. The average molecular weight is 531 g/mol. The van der Waals surface area contributed by atoms with Crippen LogP contribution < -0.4 is 10.2 Å². The first kappa shape index (κ1) is 23.9. The first-order valence-electron chi connectivity index (χ1n) is 10.9. The minimum atomic E-state index is -1.33. The highest BCUT2D eigenvalue weighted by molar-refractivity contribution is 8.01. The van der Waals surface area contributed by atoms with Gasteiger partial charge in [0.05, 0.1) is 35.3 Å². The Kier molecular flexibility index (Phi) is 5.96. The lowest BCUT2D eigenvalue weighted by atomic mass is 9.85. The van der Waals surface area contributed by atoms with Crippen molar-refractivity contribution in [1.82, 2.24) is 10.2 Å². The van der Waals surface area contributed by atoms with Gasteiger partial charge >= 0.3 is 12.0 Å². The Balaban J connectivity index is 1.58. The van der Waals surface area contributed by atoms with Gasteiger partial charge < -0.3 is 9.64 Å². The summed E-state index contributed by atoms with van der Waals surface area (Å²) >= 11 is 13.8. The molecule has 3 amide bonds. The number of esters is 1. The molecule has 3 aliphatic rings. The minimum Gasteiger partial charge on any atom is -0.465 e. The number of nitrogens with zero attached hydrogens (tertiary/aromatic N) is 3. The molecule has 35 heavy (non-hydrogen) atoms. The van der Waals surface area contributed by atoms with E-state index in [1.165, 1.54) is 30.0 Å². The molecule has 0 aliphatic carbocycles. The number of amides is 3. The predicted octanol–water partition coefficient (Wildman–Crippen LogP) is 3.90. The summed E-state index contributed by atoms with van der Waals surface area (Å²) in [6.07, 6.45) is 0.238. The third-order valence-electron chi connectivity index (χ3n) is 6.53. The van der Waals surface area contributed by atoms with Crippen LogP contribution in [0, 0.1) is 11.3 Å². The molecule has 0 unspecified atom stereocenters. The van der Waals surface area contributed by atoms with Crippen molar-refractivity contribution in [3.8, 4) is 6.07 Å². The minimum absolute atomic E-state index is 0.197. The summed E-state index contributed by atoms with van der Waals surface area (Å²) in [6.45, 7) is 2.21. The molecule has 11 heteroatoms. The number of hydrogen-bond acceptors (Lipinski definition) is 7. The van der Waals surface area contributed by atoms with Crippen LogP contribution in [0.4, 0.5) is 10.5 Å². The lowest BCUT2D eigenvalue weighted by Gasteiger charge is -2.29. The number of carbonyl (C=O) groups is 3. The fraction of sp³-hybridized carbons (Fsp3) is 0.333. The number of thioether (sulfide) groups is 1. The molecule has 3 aliphatic heterocycles. The lowest BCUT2D eigenvalue weighted by molar-refractivity contribution is -0.145. The van der Waals surface area contributed by atoms with E-state index in [0.29, 0.717) is 26.9 Å². The van der Waals surface area contributed by atoms with E-state index in [0.717, 1.165) is 4.90 Å². The van der Waals surface area contributed by atoms with Gasteiger partial charge in [0.25, 0.3) is 5.91 Å². The molecule has 0 aromatic heterocycles. The van der Waals surface area contributed by atoms with Gasteiger partial charge in [-0.05, 0) is 42.8 Å². The Morgan fingerprint density at radius 1 is 1.23 bits per heavy atom. The van der Waals surface area contributed by atoms with E-state index in [1.807, 2.05) is 0 Å². The number of fused-ring (bicyclic) bond motifs is 1. The smallest absolute Gasteiger partial charge is 0.332 e. The Morgan fingerprint density at radius 3 is 2.54 bits per heavy atom. The molecule has 0 saturated carbocycles. The van der Waals surface area contributed by atoms with Crippen LogP contribution in [0.15, 0.2) is 42.5 Å². The van der Waals surface area contributed by atoms with Crippen LogP contribution in [0.25, 0.3) is 0 Å². The zero-order valence-corrected chi connectivity index (χ0v) is 20.9. The highest BCUT2D eigenvalue weighted by Gasteiger charge is 2.68. The second-order valence-electron chi connectivity index (χ2n) is 8.62. The Hall–Kier alpha value is -2.77. The lowest BCUT2D eigenvalue weighted by Crippen LogP contribution is -2.49. The molecule has 0 radical (unpaired) electrons. The summed E-state index contributed by atoms with van der Waals surface area (Å²) < 4.78 is 5.17. The Bertz CT molecular complexity index is 1260. The van der Waals surface area contributed by atoms with Gasteiger partial charge in [0.15, 0.2) is 5.54 Å². The number of urea groups is 1. The van der Waals surface area contributed by atoms with Gasteiger partial charge in [-0.1, -0.05) is 35.3 Å². The molecule has 3 saturated heterocycles. The number of benzene rings is 2. The topological polar surface area (TPSA) is 103 Å². The maximum absolute atomic E-state index is 14.1. The number of nitrogens with one attached hydrogen (secondary N) is 1. The predicted molar refractivity (Wildman–Crippen MR) is 132 cm³/mol. The van der Waals surface area contributed by atoms with E-state index in [2.05, 4.69) is 11.4 Å². The Morgan fingerprint density at radius 2 is 1.91 bits per heavy atom. The molecule has 5 rings (SSSR count). The number of anilines is 1. The number of ether oxygens (including phenoxy) is 1. The maximum atomic E-state index is 14.1. The van der Waals surface area contributed by atoms with Crippen LogP contribution in [0.3, 0.4) is 0 Å². The molecule has 2 aromatic carbocycles. The van der Waals surface area contributed by atoms with Crippen molar-refractivity contribution >= 4 is 58.6 Å². The van der Waals surface area contributed by atoms with E-state index in [4.69, 9.17) is 27.9 Å². The van der Waals surface area contributed by atoms with Crippen molar-refractivity contribution in [2.45, 2.75) is 29.8 Å². The molecule has 180 valence electrons. The van der Waals surface area contributed by atoms with Crippen molar-refractivity contribution in [3.05, 3.63) is 63.6 Å². The molecule has 3 heterocycles. The van der Waals surface area contributed by atoms with E-state index < -0.39 is 28.4 Å². The monoisotopic (exact) mass is 530 g/mol. The summed E-state index contributed by atoms with van der Waals surface area (Å²) in [5, 5.41) is 13.2. The zero-order chi connectivity index (χ0) is 25.0. The largest absolute Gasteiger partial charge is 0.465 e. The molecule has 2 aromatic rings. The third-order valence-corrected chi connectivity index (χ3v) is 8.41. The number of nitriles is 1. The number of imide groups is 1. The maximum Gasteiger partial charge on any atom is 0.332 e. The van der Waals surface area contributed by atoms with Crippen molar-refractivity contribution in [1.29, 1.82) is 5.26 Å². The summed E-state index contributed by atoms with van der Waals surface area (Å²) in [4.78, 5) is 42.2. The van der Waals surface area contributed by atoms with Crippen LogP contribution in [0.5, 0.6) is 0 Å². The SMILES string of the molecule is CCOC(=O)[C@@H]1CS[C@]2(CN3C(=O)N(c4cc(Cl)cc(Cl)c4)C(=O)[C@@]3(c3ccc(C#N)cc3)C2)N1. The second-order valence-corrected chi connectivity index (χ2v) is 10.9. The summed E-state index contributed by atoms with van der Waals surface area (Å²) in [5.74, 6) is -0.333. The summed E-state index contributed by atoms with van der Waals surface area (Å²) in [7, 11) is 0. The number of rotatable bonds is 4. The van der Waals surface area contributed by atoms with Crippen LogP contribution in [-0.2, 0) is 19.9 Å². The highest BCUT2D eigenvalue weighted by Crippen LogP contribution is 2.55. The van der Waals surface area contributed by atoms with Crippen molar-refractivity contribution < 1.29 is 19.1 Å². The third kappa shape index (κ3) is 3.76. The molecular weight excluding hydrogens is 511 g/mol. The highest BCUT2D eigenvalue weighted by atomic mass is 35.5. The van der Waals surface area contributed by atoms with Crippen molar-refractivity contribution in [2.75, 3.05) is 23.8 Å². The van der Waals surface area contributed by atoms with Gasteiger partial charge in [0, 0.05) is 22.2 Å². The second kappa shape index (κ2) is 8.71. The van der Waals surface area contributed by atoms with E-state index in [9.17, 15) is 19.6 Å². The van der Waals surface area contributed by atoms with Crippen LogP contribution >= 0.6 is 35.0 Å². The van der Waals surface area contributed by atoms with Crippen LogP contribution in [-0.4, -0.2) is 52.6 Å². The average Bonchev–Trinajstić information content (AvgIpc) is 3.46. The van der Waals surface area contributed by atoms with Crippen LogP contribution in [0.1, 0.15) is 24.5 Å². The molecule has 0 bridgehead atoms. The fourth-order valence-corrected chi connectivity index (χ4v) is 7.05. The molecule has 8 nitrogen and oxygen atoms in total. The van der Waals surface area contributed by atoms with E-state index in [-0.39, 0.29) is 31.2 Å². The number of carbonyl (C=O) groups excluding carboxylic acids is 3. The van der Waals surface area contributed by atoms with Crippen molar-refractivity contribution in [2.24, 2.45) is 0 Å². The van der Waals surface area contributed by atoms with Crippen LogP contribution in [0.2, 0.25) is 10.0 Å². The van der Waals surface area contributed by atoms with Gasteiger partial charge in [0.2, 0.25) is 0 Å². The first-order valence-corrected chi connectivity index (χ1v) is 12.7. The van der Waals surface area contributed by atoms with E-state index in [1.54, 1.807) is 36.1 Å². The summed E-state index contributed by atoms with van der Waals surface area (Å²) in [6, 6.07) is 12.3. The molecular formula is C24H20Cl2N4O4S.